The molecule has 0 aromatic carbocycles. The predicted molar refractivity (Wildman–Crippen MR) is 67.9 cm³/mol. The quantitative estimate of drug-likeness (QED) is 0.659. The van der Waals surface area contributed by atoms with Crippen LogP contribution in [0.1, 0.15) is 12.5 Å². The molecule has 0 spiro atoms. The Labute approximate surface area is 104 Å². The van der Waals surface area contributed by atoms with Gasteiger partial charge in [-0.25, -0.2) is 4.98 Å². The first-order valence-corrected chi connectivity index (χ1v) is 5.47. The van der Waals surface area contributed by atoms with Gasteiger partial charge < -0.3 is 5.73 Å². The van der Waals surface area contributed by atoms with Crippen LogP contribution in [0.25, 0.3) is 11.3 Å². The van der Waals surface area contributed by atoms with Crippen molar-refractivity contribution in [3.05, 3.63) is 46.3 Å². The van der Waals surface area contributed by atoms with Gasteiger partial charge in [-0.15, -0.1) is 0 Å². The van der Waals surface area contributed by atoms with Crippen molar-refractivity contribution >= 4 is 11.5 Å². The van der Waals surface area contributed by atoms with Crippen molar-refractivity contribution in [3.8, 4) is 11.3 Å². The summed E-state index contributed by atoms with van der Waals surface area (Å²) in [6.07, 6.45) is 4.23. The average Bonchev–Trinajstić information content (AvgIpc) is 2.38. The van der Waals surface area contributed by atoms with Crippen molar-refractivity contribution in [2.75, 3.05) is 5.73 Å². The molecule has 6 nitrogen and oxygen atoms in total. The van der Waals surface area contributed by atoms with Crippen molar-refractivity contribution < 1.29 is 4.92 Å². The van der Waals surface area contributed by atoms with E-state index in [9.17, 15) is 10.1 Å². The molecule has 0 aliphatic rings. The van der Waals surface area contributed by atoms with Crippen LogP contribution in [0.3, 0.4) is 0 Å². The van der Waals surface area contributed by atoms with E-state index in [0.29, 0.717) is 5.69 Å². The molecule has 2 heterocycles. The van der Waals surface area contributed by atoms with Gasteiger partial charge in [-0.05, 0) is 24.1 Å². The lowest BCUT2D eigenvalue weighted by Crippen LogP contribution is -2.00. The second kappa shape index (κ2) is 4.79. The number of hydrogen-bond acceptors (Lipinski definition) is 5. The van der Waals surface area contributed by atoms with E-state index in [1.54, 1.807) is 18.5 Å². The maximum Gasteiger partial charge on any atom is 0.311 e. The minimum atomic E-state index is -0.542. The van der Waals surface area contributed by atoms with Crippen LogP contribution in [0, 0.1) is 10.1 Å². The lowest BCUT2D eigenvalue weighted by atomic mass is 10.0. The van der Waals surface area contributed by atoms with Crippen LogP contribution in [-0.2, 0) is 6.42 Å². The number of anilines is 1. The molecule has 0 aliphatic carbocycles. The summed E-state index contributed by atoms with van der Waals surface area (Å²) in [7, 11) is 0. The van der Waals surface area contributed by atoms with Gasteiger partial charge >= 0.3 is 5.69 Å². The summed E-state index contributed by atoms with van der Waals surface area (Å²) in [6, 6.07) is 4.80. The lowest BCUT2D eigenvalue weighted by molar-refractivity contribution is -0.384. The molecule has 2 rings (SSSR count). The Kier molecular flexibility index (Phi) is 3.18. The van der Waals surface area contributed by atoms with Crippen LogP contribution in [0.15, 0.2) is 30.6 Å². The Morgan fingerprint density at radius 2 is 2.17 bits per heavy atom. The molecule has 0 bridgehead atoms. The maximum atomic E-state index is 10.7. The molecule has 6 heteroatoms. The minimum Gasteiger partial charge on any atom is -0.378 e. The molecule has 0 saturated carbocycles. The lowest BCUT2D eigenvalue weighted by Gasteiger charge is -2.06. The van der Waals surface area contributed by atoms with Crippen LogP contribution < -0.4 is 5.73 Å². The molecule has 0 unspecified atom stereocenters. The van der Waals surface area contributed by atoms with Crippen molar-refractivity contribution in [2.45, 2.75) is 13.3 Å². The number of pyridine rings is 2. The molecule has 2 N–H and O–H groups in total. The number of nitro groups is 1. The van der Waals surface area contributed by atoms with E-state index in [4.69, 9.17) is 5.73 Å². The first-order valence-electron chi connectivity index (χ1n) is 5.47. The van der Waals surface area contributed by atoms with Gasteiger partial charge in [0, 0.05) is 24.0 Å². The fraction of sp³-hybridized carbons (Fsp3) is 0.167. The van der Waals surface area contributed by atoms with Crippen molar-refractivity contribution in [2.24, 2.45) is 0 Å². The predicted octanol–water partition coefficient (Wildman–Crippen LogP) is 2.20. The highest BCUT2D eigenvalue weighted by Crippen LogP contribution is 2.26. The van der Waals surface area contributed by atoms with Crippen molar-refractivity contribution in [3.63, 3.8) is 0 Å². The summed E-state index contributed by atoms with van der Waals surface area (Å²) in [5, 5.41) is 10.7. The van der Waals surface area contributed by atoms with E-state index in [1.807, 2.05) is 13.0 Å². The van der Waals surface area contributed by atoms with Gasteiger partial charge in [0.1, 0.15) is 0 Å². The van der Waals surface area contributed by atoms with E-state index in [1.165, 1.54) is 6.07 Å². The first-order chi connectivity index (χ1) is 8.63. The van der Waals surface area contributed by atoms with E-state index < -0.39 is 4.92 Å². The molecule has 92 valence electrons. The first kappa shape index (κ1) is 12.0. The van der Waals surface area contributed by atoms with Gasteiger partial charge in [0.15, 0.2) is 0 Å². The Balaban J connectivity index is 2.52. The highest BCUT2D eigenvalue weighted by Gasteiger charge is 2.14. The molecule has 18 heavy (non-hydrogen) atoms. The monoisotopic (exact) mass is 244 g/mol. The van der Waals surface area contributed by atoms with Gasteiger partial charge in [0.25, 0.3) is 0 Å². The Hall–Kier alpha value is -2.50. The SMILES string of the molecule is CCc1cnccc1-c1ccc([N+](=O)[O-])c(N)n1. The van der Waals surface area contributed by atoms with Crippen LogP contribution in [0.5, 0.6) is 0 Å². The third-order valence-corrected chi connectivity index (χ3v) is 2.66. The summed E-state index contributed by atoms with van der Waals surface area (Å²) < 4.78 is 0. The smallest absolute Gasteiger partial charge is 0.311 e. The summed E-state index contributed by atoms with van der Waals surface area (Å²) in [5.41, 5.74) is 7.95. The van der Waals surface area contributed by atoms with E-state index in [2.05, 4.69) is 9.97 Å². The molecular formula is C12H12N4O2. The summed E-state index contributed by atoms with van der Waals surface area (Å²) in [5.74, 6) is -0.0728. The second-order valence-corrected chi connectivity index (χ2v) is 3.74. The van der Waals surface area contributed by atoms with Gasteiger partial charge in [0.05, 0.1) is 10.6 Å². The molecular weight excluding hydrogens is 232 g/mol. The fourth-order valence-electron chi connectivity index (χ4n) is 1.73. The van der Waals surface area contributed by atoms with E-state index in [0.717, 1.165) is 17.5 Å². The highest BCUT2D eigenvalue weighted by molar-refractivity contribution is 5.67. The Bertz CT molecular complexity index is 598. The average molecular weight is 244 g/mol. The van der Waals surface area contributed by atoms with Gasteiger partial charge in [-0.1, -0.05) is 6.92 Å². The summed E-state index contributed by atoms with van der Waals surface area (Å²) >= 11 is 0. The number of hydrogen-bond donors (Lipinski definition) is 1. The molecule has 0 atom stereocenters. The van der Waals surface area contributed by atoms with E-state index >= 15 is 0 Å². The van der Waals surface area contributed by atoms with Crippen molar-refractivity contribution in [1.29, 1.82) is 0 Å². The molecule has 0 saturated heterocycles. The Morgan fingerprint density at radius 3 is 2.78 bits per heavy atom. The number of aromatic nitrogens is 2. The third-order valence-electron chi connectivity index (χ3n) is 2.66. The van der Waals surface area contributed by atoms with Crippen LogP contribution in [-0.4, -0.2) is 14.9 Å². The second-order valence-electron chi connectivity index (χ2n) is 3.74. The minimum absolute atomic E-state index is 0.0728. The molecule has 0 radical (unpaired) electrons. The molecule has 0 fully saturated rings. The summed E-state index contributed by atoms with van der Waals surface area (Å²) in [6.45, 7) is 2.01. The zero-order valence-corrected chi connectivity index (χ0v) is 9.83. The Morgan fingerprint density at radius 1 is 1.39 bits per heavy atom. The number of nitrogen functional groups attached to an aromatic ring is 1. The largest absolute Gasteiger partial charge is 0.378 e. The van der Waals surface area contributed by atoms with Crippen LogP contribution in [0.2, 0.25) is 0 Å². The number of rotatable bonds is 3. The zero-order valence-electron chi connectivity index (χ0n) is 9.83. The molecule has 2 aromatic heterocycles. The normalized spacial score (nSPS) is 10.3. The standard InChI is InChI=1S/C12H12N4O2/c1-2-8-7-14-6-5-9(8)10-3-4-11(16(17)18)12(13)15-10/h3-7H,2H2,1H3,(H2,13,15). The van der Waals surface area contributed by atoms with E-state index in [-0.39, 0.29) is 11.5 Å². The van der Waals surface area contributed by atoms with Gasteiger partial charge in [0.2, 0.25) is 5.82 Å². The van der Waals surface area contributed by atoms with Crippen LogP contribution >= 0.6 is 0 Å². The number of nitrogens with zero attached hydrogens (tertiary/aromatic N) is 3. The topological polar surface area (TPSA) is 94.9 Å². The molecule has 0 amide bonds. The van der Waals surface area contributed by atoms with Gasteiger partial charge in [-0.3, -0.25) is 15.1 Å². The maximum absolute atomic E-state index is 10.7. The molecule has 0 aliphatic heterocycles. The summed E-state index contributed by atoms with van der Waals surface area (Å²) in [4.78, 5) is 18.3. The molecule has 2 aromatic rings. The number of nitrogens with two attached hydrogens (primary N) is 1. The zero-order chi connectivity index (χ0) is 13.1. The fourth-order valence-corrected chi connectivity index (χ4v) is 1.73. The van der Waals surface area contributed by atoms with Crippen LogP contribution in [0.4, 0.5) is 11.5 Å². The third kappa shape index (κ3) is 2.13. The van der Waals surface area contributed by atoms with Crippen molar-refractivity contribution in [1.82, 2.24) is 9.97 Å². The van der Waals surface area contributed by atoms with Gasteiger partial charge in [-0.2, -0.15) is 0 Å². The highest BCUT2D eigenvalue weighted by atomic mass is 16.6. The number of aryl methyl sites for hydroxylation is 1.